The summed E-state index contributed by atoms with van der Waals surface area (Å²) in [6.07, 6.45) is 8.47. The van der Waals surface area contributed by atoms with Gasteiger partial charge in [0.1, 0.15) is 11.6 Å². The number of aromatic nitrogens is 2. The lowest BCUT2D eigenvalue weighted by Gasteiger charge is -2.26. The molecule has 38 heavy (non-hydrogen) atoms. The fourth-order valence-electron chi connectivity index (χ4n) is 4.17. The van der Waals surface area contributed by atoms with Crippen LogP contribution >= 0.6 is 0 Å². The van der Waals surface area contributed by atoms with E-state index in [0.717, 1.165) is 39.3 Å². The van der Waals surface area contributed by atoms with Crippen molar-refractivity contribution in [1.82, 2.24) is 9.97 Å². The molecule has 0 aliphatic heterocycles. The van der Waals surface area contributed by atoms with Crippen LogP contribution in [0.2, 0.25) is 0 Å². The van der Waals surface area contributed by atoms with Gasteiger partial charge in [0, 0.05) is 41.8 Å². The summed E-state index contributed by atoms with van der Waals surface area (Å²) in [6.45, 7) is 0. The maximum atomic E-state index is 11.2. The number of pyridine rings is 2. The van der Waals surface area contributed by atoms with Gasteiger partial charge in [0.25, 0.3) is 0 Å². The molecule has 5 aromatic rings. The zero-order valence-corrected chi connectivity index (χ0v) is 20.3. The molecule has 1 N–H and O–H groups in total. The number of carboxylic acids is 1. The third kappa shape index (κ3) is 5.32. The lowest BCUT2D eigenvalue weighted by atomic mass is 10.0. The number of nitriles is 1. The summed E-state index contributed by atoms with van der Waals surface area (Å²) in [4.78, 5) is 21.6. The number of rotatable bonds is 7. The number of benzene rings is 3. The Kier molecular flexibility index (Phi) is 7.01. The first-order valence-corrected chi connectivity index (χ1v) is 11.9. The highest BCUT2D eigenvalue weighted by atomic mass is 16.4. The van der Waals surface area contributed by atoms with Gasteiger partial charge in [-0.15, -0.1) is 0 Å². The molecule has 0 aliphatic carbocycles. The van der Waals surface area contributed by atoms with E-state index in [1.54, 1.807) is 43.0 Å². The summed E-state index contributed by atoms with van der Waals surface area (Å²) in [5, 5.41) is 18.3. The predicted octanol–water partition coefficient (Wildman–Crippen LogP) is 7.27. The van der Waals surface area contributed by atoms with Crippen LogP contribution in [0.15, 0.2) is 127 Å². The first-order chi connectivity index (χ1) is 18.6. The molecule has 2 aromatic heterocycles. The molecular weight excluding hydrogens is 472 g/mol. The van der Waals surface area contributed by atoms with Crippen molar-refractivity contribution < 1.29 is 9.90 Å². The lowest BCUT2D eigenvalue weighted by molar-refractivity contribution is -0.132. The second-order valence-corrected chi connectivity index (χ2v) is 8.47. The van der Waals surface area contributed by atoms with Gasteiger partial charge in [-0.1, -0.05) is 36.4 Å². The number of nitrogens with zero attached hydrogens (tertiary/aromatic N) is 4. The van der Waals surface area contributed by atoms with E-state index in [1.807, 2.05) is 36.4 Å². The lowest BCUT2D eigenvalue weighted by Crippen LogP contribution is -2.09. The van der Waals surface area contributed by atoms with Gasteiger partial charge in [-0.2, -0.15) is 5.26 Å². The number of carboxylic acid groups (broad SMARTS) is 1. The van der Waals surface area contributed by atoms with Crippen LogP contribution in [-0.4, -0.2) is 21.0 Å². The molecule has 0 fully saturated rings. The third-order valence-electron chi connectivity index (χ3n) is 6.09. The van der Waals surface area contributed by atoms with Crippen LogP contribution < -0.4 is 4.90 Å². The minimum Gasteiger partial charge on any atom is -0.477 e. The molecular formula is C32H22N4O2. The maximum Gasteiger partial charge on any atom is 0.346 e. The fraction of sp³-hybridized carbons (Fsp3) is 0. The molecule has 0 radical (unpaired) electrons. The smallest absolute Gasteiger partial charge is 0.346 e. The first kappa shape index (κ1) is 24.2. The summed E-state index contributed by atoms with van der Waals surface area (Å²) < 4.78 is 0. The van der Waals surface area contributed by atoms with Crippen molar-refractivity contribution in [3.8, 4) is 28.3 Å². The Morgan fingerprint density at radius 3 is 1.37 bits per heavy atom. The van der Waals surface area contributed by atoms with Crippen LogP contribution in [0.3, 0.4) is 0 Å². The topological polar surface area (TPSA) is 90.1 Å². The average molecular weight is 495 g/mol. The highest BCUT2D eigenvalue weighted by Crippen LogP contribution is 2.36. The third-order valence-corrected chi connectivity index (χ3v) is 6.09. The van der Waals surface area contributed by atoms with Gasteiger partial charge < -0.3 is 10.0 Å². The van der Waals surface area contributed by atoms with Crippen LogP contribution in [0.5, 0.6) is 0 Å². The van der Waals surface area contributed by atoms with Crippen LogP contribution in [-0.2, 0) is 4.79 Å². The van der Waals surface area contributed by atoms with E-state index in [1.165, 1.54) is 6.08 Å². The number of hydrogen-bond acceptors (Lipinski definition) is 5. The number of aliphatic carboxylic acids is 1. The van der Waals surface area contributed by atoms with Crippen molar-refractivity contribution >= 4 is 29.1 Å². The molecule has 0 unspecified atom stereocenters. The van der Waals surface area contributed by atoms with Gasteiger partial charge in [-0.25, -0.2) is 4.79 Å². The van der Waals surface area contributed by atoms with E-state index in [2.05, 4.69) is 63.4 Å². The first-order valence-electron chi connectivity index (χ1n) is 11.9. The second-order valence-electron chi connectivity index (χ2n) is 8.47. The van der Waals surface area contributed by atoms with Crippen molar-refractivity contribution in [2.24, 2.45) is 0 Å². The van der Waals surface area contributed by atoms with Gasteiger partial charge in [-0.3, -0.25) is 9.97 Å². The molecule has 0 aliphatic rings. The Morgan fingerprint density at radius 2 is 1.00 bits per heavy atom. The summed E-state index contributed by atoms with van der Waals surface area (Å²) in [6, 6.07) is 33.6. The summed E-state index contributed by atoms with van der Waals surface area (Å²) in [5.74, 6) is -1.25. The molecule has 182 valence electrons. The van der Waals surface area contributed by atoms with Crippen molar-refractivity contribution in [2.45, 2.75) is 0 Å². The van der Waals surface area contributed by atoms with E-state index < -0.39 is 5.97 Å². The molecule has 0 bridgehead atoms. The second kappa shape index (κ2) is 11.0. The minimum atomic E-state index is -1.25. The predicted molar refractivity (Wildman–Crippen MR) is 149 cm³/mol. The molecule has 2 heterocycles. The van der Waals surface area contributed by atoms with Crippen molar-refractivity contribution in [3.05, 3.63) is 133 Å². The maximum absolute atomic E-state index is 11.2. The summed E-state index contributed by atoms with van der Waals surface area (Å²) in [7, 11) is 0. The van der Waals surface area contributed by atoms with Gasteiger partial charge >= 0.3 is 5.97 Å². The molecule has 0 amide bonds. The molecule has 0 saturated heterocycles. The Balaban J connectivity index is 1.53. The fourth-order valence-corrected chi connectivity index (χ4v) is 4.17. The molecule has 0 atom stereocenters. The Bertz CT molecular complexity index is 1520. The average Bonchev–Trinajstić information content (AvgIpc) is 2.98. The summed E-state index contributed by atoms with van der Waals surface area (Å²) in [5.41, 5.74) is 7.48. The van der Waals surface area contributed by atoms with Gasteiger partial charge in [0.2, 0.25) is 0 Å². The van der Waals surface area contributed by atoms with E-state index in [4.69, 9.17) is 5.26 Å². The van der Waals surface area contributed by atoms with E-state index in [0.29, 0.717) is 5.56 Å². The Hall–Kier alpha value is -5.54. The van der Waals surface area contributed by atoms with Crippen LogP contribution in [0.1, 0.15) is 5.56 Å². The number of hydrogen-bond donors (Lipinski definition) is 1. The summed E-state index contributed by atoms with van der Waals surface area (Å²) >= 11 is 0. The Labute approximate surface area is 220 Å². The normalized spacial score (nSPS) is 11.0. The molecule has 3 aromatic carbocycles. The number of anilines is 3. The quantitative estimate of drug-likeness (QED) is 0.189. The van der Waals surface area contributed by atoms with Crippen LogP contribution in [0.25, 0.3) is 28.3 Å². The largest absolute Gasteiger partial charge is 0.477 e. The highest BCUT2D eigenvalue weighted by Gasteiger charge is 2.14. The molecule has 6 heteroatoms. The molecule has 5 rings (SSSR count). The zero-order valence-electron chi connectivity index (χ0n) is 20.3. The van der Waals surface area contributed by atoms with Crippen molar-refractivity contribution in [3.63, 3.8) is 0 Å². The monoisotopic (exact) mass is 494 g/mol. The zero-order chi connectivity index (χ0) is 26.3. The van der Waals surface area contributed by atoms with E-state index >= 15 is 0 Å². The minimum absolute atomic E-state index is 0.312. The van der Waals surface area contributed by atoms with E-state index in [9.17, 15) is 9.90 Å². The Morgan fingerprint density at radius 1 is 0.632 bits per heavy atom. The number of carbonyl (C=O) groups is 1. The molecule has 0 saturated carbocycles. The van der Waals surface area contributed by atoms with Crippen molar-refractivity contribution in [2.75, 3.05) is 4.90 Å². The highest BCUT2D eigenvalue weighted by molar-refractivity contribution is 5.96. The van der Waals surface area contributed by atoms with Gasteiger partial charge in [0.05, 0.1) is 0 Å². The standard InChI is InChI=1S/C32H22N4O2/c33-22-28(32(37)38)21-23-1-7-29(8-2-23)36(30-9-3-24(4-10-30)26-13-17-34-18-14-26)31-11-5-25(6-12-31)27-15-19-35-20-16-27/h1-21H,(H,37,38)/b28-21+. The SMILES string of the molecule is N#C/C(=C\c1ccc(N(c2ccc(-c3ccncc3)cc2)c2ccc(-c3ccncc3)cc2)cc1)C(=O)O. The van der Waals surface area contributed by atoms with Crippen LogP contribution in [0.4, 0.5) is 17.1 Å². The van der Waals surface area contributed by atoms with Crippen molar-refractivity contribution in [1.29, 1.82) is 5.26 Å². The van der Waals surface area contributed by atoms with Gasteiger partial charge in [-0.05, 0) is 94.6 Å². The van der Waals surface area contributed by atoms with E-state index in [-0.39, 0.29) is 5.57 Å². The molecule has 6 nitrogen and oxygen atoms in total. The molecule has 0 spiro atoms. The van der Waals surface area contributed by atoms with Gasteiger partial charge in [0.15, 0.2) is 0 Å². The van der Waals surface area contributed by atoms with Crippen LogP contribution in [0, 0.1) is 11.3 Å².